The molecule has 0 aromatic carbocycles. The first-order valence-electron chi connectivity index (χ1n) is 6.22. The van der Waals surface area contributed by atoms with Crippen molar-refractivity contribution in [3.63, 3.8) is 0 Å². The summed E-state index contributed by atoms with van der Waals surface area (Å²) in [6.45, 7) is 3.93. The van der Waals surface area contributed by atoms with E-state index < -0.39 is 11.9 Å². The minimum Gasteiger partial charge on any atom is -0.481 e. The number of hydrogen-bond donors (Lipinski definition) is 3. The maximum Gasteiger partial charge on any atom is 0.315 e. The van der Waals surface area contributed by atoms with Crippen molar-refractivity contribution in [3.8, 4) is 0 Å². The van der Waals surface area contributed by atoms with Gasteiger partial charge in [0.2, 0.25) is 0 Å². The van der Waals surface area contributed by atoms with Gasteiger partial charge in [0.05, 0.1) is 5.92 Å². The first-order chi connectivity index (χ1) is 8.40. The molecule has 0 aromatic rings. The Morgan fingerprint density at radius 2 is 2.00 bits per heavy atom. The third-order valence-corrected chi connectivity index (χ3v) is 5.19. The van der Waals surface area contributed by atoms with Crippen LogP contribution in [0.25, 0.3) is 0 Å². The number of urea groups is 1. The zero-order valence-corrected chi connectivity index (χ0v) is 12.0. The third-order valence-electron chi connectivity index (χ3n) is 3.77. The Balaban J connectivity index is 2.31. The SMILES string of the molecule is CSC1(CNC(=O)NC(C)C(C)C(=O)O)CCC1. The third kappa shape index (κ3) is 3.80. The normalized spacial score (nSPS) is 20.4. The van der Waals surface area contributed by atoms with E-state index >= 15 is 0 Å². The van der Waals surface area contributed by atoms with Crippen molar-refractivity contribution in [1.82, 2.24) is 10.6 Å². The molecule has 0 aromatic heterocycles. The highest BCUT2D eigenvalue weighted by molar-refractivity contribution is 8.00. The van der Waals surface area contributed by atoms with E-state index in [4.69, 9.17) is 5.11 Å². The molecule has 3 N–H and O–H groups in total. The highest BCUT2D eigenvalue weighted by Gasteiger charge is 2.36. The van der Waals surface area contributed by atoms with Crippen molar-refractivity contribution in [2.24, 2.45) is 5.92 Å². The summed E-state index contributed by atoms with van der Waals surface area (Å²) in [6.07, 6.45) is 5.55. The van der Waals surface area contributed by atoms with Crippen LogP contribution in [0.2, 0.25) is 0 Å². The van der Waals surface area contributed by atoms with E-state index in [1.165, 1.54) is 6.42 Å². The Hall–Kier alpha value is -0.910. The molecule has 0 bridgehead atoms. The van der Waals surface area contributed by atoms with E-state index in [2.05, 4.69) is 16.9 Å². The average Bonchev–Trinajstić information content (AvgIpc) is 2.26. The zero-order valence-electron chi connectivity index (χ0n) is 11.2. The molecule has 5 nitrogen and oxygen atoms in total. The zero-order chi connectivity index (χ0) is 13.8. The molecule has 0 aliphatic heterocycles. The van der Waals surface area contributed by atoms with Gasteiger partial charge in [0.25, 0.3) is 0 Å². The Morgan fingerprint density at radius 3 is 2.39 bits per heavy atom. The molecule has 2 unspecified atom stereocenters. The van der Waals surface area contributed by atoms with Crippen LogP contribution in [0.4, 0.5) is 4.79 Å². The number of aliphatic carboxylic acids is 1. The van der Waals surface area contributed by atoms with Gasteiger partial charge in [-0.3, -0.25) is 4.79 Å². The molecule has 6 heteroatoms. The lowest BCUT2D eigenvalue weighted by molar-refractivity contribution is -0.141. The minimum absolute atomic E-state index is 0.193. The lowest BCUT2D eigenvalue weighted by atomic mass is 9.84. The van der Waals surface area contributed by atoms with Gasteiger partial charge in [-0.25, -0.2) is 4.79 Å². The second kappa shape index (κ2) is 6.31. The van der Waals surface area contributed by atoms with Gasteiger partial charge in [-0.15, -0.1) is 0 Å². The number of amides is 2. The fourth-order valence-electron chi connectivity index (χ4n) is 1.86. The van der Waals surface area contributed by atoms with E-state index in [9.17, 15) is 9.59 Å². The van der Waals surface area contributed by atoms with Crippen LogP contribution in [0.15, 0.2) is 0 Å². The molecule has 0 saturated heterocycles. The van der Waals surface area contributed by atoms with Crippen LogP contribution in [0, 0.1) is 5.92 Å². The predicted octanol–water partition coefficient (Wildman–Crippen LogP) is 1.68. The van der Waals surface area contributed by atoms with Crippen molar-refractivity contribution in [1.29, 1.82) is 0 Å². The smallest absolute Gasteiger partial charge is 0.315 e. The fraction of sp³-hybridized carbons (Fsp3) is 0.833. The molecule has 2 amide bonds. The van der Waals surface area contributed by atoms with Crippen LogP contribution < -0.4 is 10.6 Å². The number of carboxylic acid groups (broad SMARTS) is 1. The molecule has 1 rings (SSSR count). The number of rotatable bonds is 6. The van der Waals surface area contributed by atoms with Crippen molar-refractivity contribution < 1.29 is 14.7 Å². The molecule has 104 valence electrons. The van der Waals surface area contributed by atoms with Crippen molar-refractivity contribution in [2.45, 2.75) is 43.9 Å². The van der Waals surface area contributed by atoms with E-state index in [1.807, 2.05) is 0 Å². The minimum atomic E-state index is -0.901. The van der Waals surface area contributed by atoms with Gasteiger partial charge in [0.1, 0.15) is 0 Å². The monoisotopic (exact) mass is 274 g/mol. The number of carbonyl (C=O) groups excluding carboxylic acids is 1. The Morgan fingerprint density at radius 1 is 1.39 bits per heavy atom. The van der Waals surface area contributed by atoms with Gasteiger partial charge >= 0.3 is 12.0 Å². The molecule has 1 fully saturated rings. The molecule has 0 radical (unpaired) electrons. The molecule has 0 heterocycles. The highest BCUT2D eigenvalue weighted by atomic mass is 32.2. The summed E-state index contributed by atoms with van der Waals surface area (Å²) in [5.74, 6) is -1.49. The van der Waals surface area contributed by atoms with Crippen molar-refractivity contribution >= 4 is 23.8 Å². The average molecular weight is 274 g/mol. The van der Waals surface area contributed by atoms with Crippen LogP contribution in [-0.4, -0.2) is 40.7 Å². The van der Waals surface area contributed by atoms with Gasteiger partial charge in [0.15, 0.2) is 0 Å². The van der Waals surface area contributed by atoms with Gasteiger partial charge in [-0.1, -0.05) is 6.42 Å². The van der Waals surface area contributed by atoms with Crippen LogP contribution >= 0.6 is 11.8 Å². The van der Waals surface area contributed by atoms with E-state index in [-0.39, 0.29) is 16.8 Å². The number of thioether (sulfide) groups is 1. The van der Waals surface area contributed by atoms with Crippen LogP contribution in [0.1, 0.15) is 33.1 Å². The summed E-state index contributed by atoms with van der Waals surface area (Å²) in [7, 11) is 0. The molecular weight excluding hydrogens is 252 g/mol. The van der Waals surface area contributed by atoms with Gasteiger partial charge in [0, 0.05) is 17.3 Å². The lowest BCUT2D eigenvalue weighted by Gasteiger charge is -2.40. The van der Waals surface area contributed by atoms with E-state index in [0.29, 0.717) is 6.54 Å². The number of carboxylic acids is 1. The standard InChI is InChI=1S/C12H22N2O3S/c1-8(10(15)16)9(2)14-11(17)13-7-12(18-3)5-4-6-12/h8-9H,4-7H2,1-3H3,(H,15,16)(H2,13,14,17). The summed E-state index contributed by atoms with van der Waals surface area (Å²) >= 11 is 1.79. The Labute approximate surface area is 112 Å². The largest absolute Gasteiger partial charge is 0.481 e. The molecule has 1 aliphatic carbocycles. The maximum atomic E-state index is 11.7. The van der Waals surface area contributed by atoms with Crippen LogP contribution in [-0.2, 0) is 4.79 Å². The second-order valence-electron chi connectivity index (χ2n) is 4.98. The van der Waals surface area contributed by atoms with E-state index in [0.717, 1.165) is 12.8 Å². The predicted molar refractivity (Wildman–Crippen MR) is 72.9 cm³/mol. The van der Waals surface area contributed by atoms with E-state index in [1.54, 1.807) is 25.6 Å². The Kier molecular flexibility index (Phi) is 5.31. The summed E-state index contributed by atoms with van der Waals surface area (Å²) in [5.41, 5.74) is 0. The molecule has 1 aliphatic rings. The first kappa shape index (κ1) is 15.1. The second-order valence-corrected chi connectivity index (χ2v) is 6.26. The number of nitrogens with one attached hydrogen (secondary N) is 2. The number of hydrogen-bond acceptors (Lipinski definition) is 3. The van der Waals surface area contributed by atoms with Crippen LogP contribution in [0.3, 0.4) is 0 Å². The van der Waals surface area contributed by atoms with Crippen molar-refractivity contribution in [2.75, 3.05) is 12.8 Å². The van der Waals surface area contributed by atoms with Crippen molar-refractivity contribution in [3.05, 3.63) is 0 Å². The van der Waals surface area contributed by atoms with Gasteiger partial charge < -0.3 is 15.7 Å². The molecular formula is C12H22N2O3S. The van der Waals surface area contributed by atoms with Gasteiger partial charge in [-0.2, -0.15) is 11.8 Å². The maximum absolute atomic E-state index is 11.7. The van der Waals surface area contributed by atoms with Gasteiger partial charge in [-0.05, 0) is 32.9 Å². The first-order valence-corrected chi connectivity index (χ1v) is 7.45. The highest BCUT2D eigenvalue weighted by Crippen LogP contribution is 2.42. The summed E-state index contributed by atoms with van der Waals surface area (Å²) < 4.78 is 0.193. The quantitative estimate of drug-likeness (QED) is 0.688. The molecule has 0 spiro atoms. The molecule has 1 saturated carbocycles. The summed E-state index contributed by atoms with van der Waals surface area (Å²) in [6, 6.07) is -0.662. The fourth-order valence-corrected chi connectivity index (χ4v) is 2.78. The lowest BCUT2D eigenvalue weighted by Crippen LogP contribution is -2.51. The Bertz CT molecular complexity index is 313. The summed E-state index contributed by atoms with van der Waals surface area (Å²) in [5, 5.41) is 14.3. The molecule has 2 atom stereocenters. The summed E-state index contributed by atoms with van der Waals surface area (Å²) in [4.78, 5) is 22.4. The van der Waals surface area contributed by atoms with Crippen LogP contribution in [0.5, 0.6) is 0 Å². The topological polar surface area (TPSA) is 78.4 Å². The number of carbonyl (C=O) groups is 2. The molecule has 18 heavy (non-hydrogen) atoms.